The van der Waals surface area contributed by atoms with Gasteiger partial charge in [-0.2, -0.15) is 0 Å². The first-order valence-corrected chi connectivity index (χ1v) is 8.22. The maximum Gasteiger partial charge on any atom is 0.333 e. The number of carbonyl (C=O) groups excluding carboxylic acids is 2. The maximum atomic E-state index is 11.7. The molecule has 0 amide bonds. The third kappa shape index (κ3) is 10.9. The van der Waals surface area contributed by atoms with Crippen molar-refractivity contribution in [2.75, 3.05) is 14.2 Å². The minimum atomic E-state index is -0.878. The molecule has 0 saturated carbocycles. The van der Waals surface area contributed by atoms with Crippen LogP contribution in [-0.4, -0.2) is 37.2 Å². The molecule has 0 fully saturated rings. The van der Waals surface area contributed by atoms with Crippen LogP contribution in [0.5, 0.6) is 0 Å². The van der Waals surface area contributed by atoms with Crippen LogP contribution in [0.3, 0.4) is 0 Å². The second kappa shape index (κ2) is 13.0. The van der Waals surface area contributed by atoms with Gasteiger partial charge in [0.15, 0.2) is 0 Å². The highest BCUT2D eigenvalue weighted by molar-refractivity contribution is 5.88. The van der Waals surface area contributed by atoms with Gasteiger partial charge in [0.1, 0.15) is 0 Å². The van der Waals surface area contributed by atoms with E-state index in [1.807, 2.05) is 13.0 Å². The molecule has 25 heavy (non-hydrogen) atoms. The Hall–Kier alpha value is -2.37. The number of hydrogen-bond donors (Lipinski definition) is 1. The molecule has 0 saturated heterocycles. The van der Waals surface area contributed by atoms with Crippen molar-refractivity contribution >= 4 is 17.9 Å². The van der Waals surface area contributed by atoms with E-state index in [4.69, 9.17) is 9.84 Å². The molecule has 0 spiro atoms. The Labute approximate surface area is 149 Å². The van der Waals surface area contributed by atoms with Gasteiger partial charge in [-0.15, -0.1) is 0 Å². The Morgan fingerprint density at radius 2 is 1.52 bits per heavy atom. The predicted molar refractivity (Wildman–Crippen MR) is 95.0 cm³/mol. The normalized spacial score (nSPS) is 11.8. The van der Waals surface area contributed by atoms with E-state index in [1.165, 1.54) is 14.2 Å². The summed E-state index contributed by atoms with van der Waals surface area (Å²) in [4.78, 5) is 33.5. The van der Waals surface area contributed by atoms with Crippen molar-refractivity contribution in [1.29, 1.82) is 0 Å². The van der Waals surface area contributed by atoms with E-state index < -0.39 is 17.9 Å². The fraction of sp³-hybridized carbons (Fsp3) is 0.526. The van der Waals surface area contributed by atoms with Gasteiger partial charge in [-0.1, -0.05) is 24.3 Å². The molecule has 0 bridgehead atoms. The number of esters is 2. The zero-order valence-electron chi connectivity index (χ0n) is 15.3. The smallest absolute Gasteiger partial charge is 0.333 e. The molecule has 0 heterocycles. The van der Waals surface area contributed by atoms with Crippen LogP contribution >= 0.6 is 0 Å². The molecule has 0 aromatic rings. The molecule has 6 nitrogen and oxygen atoms in total. The third-order valence-corrected chi connectivity index (χ3v) is 3.63. The lowest BCUT2D eigenvalue weighted by molar-refractivity contribution is -0.138. The average Bonchev–Trinajstić information content (AvgIpc) is 2.58. The molecule has 0 aromatic heterocycles. The second-order valence-electron chi connectivity index (χ2n) is 5.69. The number of carboxylic acids is 1. The number of carboxylic acid groups (broad SMARTS) is 1. The molecule has 6 heteroatoms. The zero-order valence-corrected chi connectivity index (χ0v) is 15.3. The fourth-order valence-electron chi connectivity index (χ4n) is 2.16. The van der Waals surface area contributed by atoms with Crippen molar-refractivity contribution in [1.82, 2.24) is 0 Å². The first-order chi connectivity index (χ1) is 11.8. The number of aliphatic carboxylic acids is 1. The molecule has 0 radical (unpaired) electrons. The summed E-state index contributed by atoms with van der Waals surface area (Å²) in [7, 11) is 2.64. The van der Waals surface area contributed by atoms with Crippen molar-refractivity contribution in [3.05, 3.63) is 35.5 Å². The van der Waals surface area contributed by atoms with Gasteiger partial charge in [-0.3, -0.25) is 4.79 Å². The number of rotatable bonds is 12. The van der Waals surface area contributed by atoms with Crippen LogP contribution in [0.15, 0.2) is 35.5 Å². The lowest BCUT2D eigenvalue weighted by atomic mass is 10.0. The van der Waals surface area contributed by atoms with E-state index in [2.05, 4.69) is 11.3 Å². The van der Waals surface area contributed by atoms with Crippen molar-refractivity contribution in [2.45, 2.75) is 51.9 Å². The van der Waals surface area contributed by atoms with Crippen LogP contribution in [0, 0.1) is 0 Å². The summed E-state index contributed by atoms with van der Waals surface area (Å²) >= 11 is 0. The summed E-state index contributed by atoms with van der Waals surface area (Å²) in [6.45, 7) is 5.65. The maximum absolute atomic E-state index is 11.7. The third-order valence-electron chi connectivity index (χ3n) is 3.63. The number of methoxy groups -OCH3 is 2. The molecular formula is C19H28O6. The van der Waals surface area contributed by atoms with Gasteiger partial charge in [0.2, 0.25) is 0 Å². The Kier molecular flexibility index (Phi) is 11.8. The van der Waals surface area contributed by atoms with Crippen LogP contribution in [0.2, 0.25) is 0 Å². The largest absolute Gasteiger partial charge is 0.481 e. The van der Waals surface area contributed by atoms with Gasteiger partial charge >= 0.3 is 17.9 Å². The van der Waals surface area contributed by atoms with Crippen LogP contribution in [-0.2, 0) is 23.9 Å². The Morgan fingerprint density at radius 3 is 2.08 bits per heavy atom. The lowest BCUT2D eigenvalue weighted by Gasteiger charge is -2.05. The van der Waals surface area contributed by atoms with Gasteiger partial charge in [0, 0.05) is 17.6 Å². The van der Waals surface area contributed by atoms with Crippen LogP contribution < -0.4 is 0 Å². The molecule has 1 N–H and O–H groups in total. The van der Waals surface area contributed by atoms with Crippen molar-refractivity contribution < 1.29 is 29.0 Å². The minimum absolute atomic E-state index is 0.0251. The standard InChI is InChI=1S/C19H28O6/c1-14(8-5-10-15(2)18(22)24-3)9-6-11-16(19(23)25-4)12-7-13-17(20)21/h8,11H,2,5-7,9-10,12-13H2,1,3-4H3,(H,20,21)/b14-8+,16-11-. The SMILES string of the molecule is C=C(CC/C=C(\C)CC/C=C(/CCCC(=O)O)C(=O)OC)C(=O)OC. The number of carbonyl (C=O) groups is 3. The molecule has 140 valence electrons. The zero-order chi connectivity index (χ0) is 19.2. The van der Waals surface area contributed by atoms with Gasteiger partial charge in [-0.25, -0.2) is 9.59 Å². The van der Waals surface area contributed by atoms with E-state index in [9.17, 15) is 14.4 Å². The lowest BCUT2D eigenvalue weighted by Crippen LogP contribution is -2.06. The summed E-state index contributed by atoms with van der Waals surface area (Å²) < 4.78 is 9.32. The minimum Gasteiger partial charge on any atom is -0.481 e. The first-order valence-electron chi connectivity index (χ1n) is 8.22. The molecule has 0 aliphatic rings. The second-order valence-corrected chi connectivity index (χ2v) is 5.69. The molecule has 0 rings (SSSR count). The molecule has 0 unspecified atom stereocenters. The Morgan fingerprint density at radius 1 is 0.920 bits per heavy atom. The van der Waals surface area contributed by atoms with E-state index in [1.54, 1.807) is 6.08 Å². The number of hydrogen-bond acceptors (Lipinski definition) is 5. The Bertz CT molecular complexity index is 542. The van der Waals surface area contributed by atoms with Gasteiger partial charge in [-0.05, 0) is 45.4 Å². The topological polar surface area (TPSA) is 89.9 Å². The van der Waals surface area contributed by atoms with Crippen LogP contribution in [0.25, 0.3) is 0 Å². The highest BCUT2D eigenvalue weighted by Crippen LogP contribution is 2.15. The summed E-state index contributed by atoms with van der Waals surface area (Å²) in [5.74, 6) is -1.68. The van der Waals surface area contributed by atoms with E-state index in [-0.39, 0.29) is 6.42 Å². The van der Waals surface area contributed by atoms with Gasteiger partial charge in [0.05, 0.1) is 14.2 Å². The van der Waals surface area contributed by atoms with E-state index in [0.29, 0.717) is 43.3 Å². The first kappa shape index (κ1) is 22.6. The summed E-state index contributed by atoms with van der Waals surface area (Å²) in [5, 5.41) is 8.66. The monoisotopic (exact) mass is 352 g/mol. The molecule has 0 atom stereocenters. The van der Waals surface area contributed by atoms with Crippen molar-refractivity contribution in [2.24, 2.45) is 0 Å². The average molecular weight is 352 g/mol. The summed E-state index contributed by atoms with van der Waals surface area (Å²) in [5.41, 5.74) is 2.09. The fourth-order valence-corrected chi connectivity index (χ4v) is 2.16. The van der Waals surface area contributed by atoms with Gasteiger partial charge < -0.3 is 14.6 Å². The molecule has 0 aliphatic heterocycles. The van der Waals surface area contributed by atoms with Crippen molar-refractivity contribution in [3.63, 3.8) is 0 Å². The van der Waals surface area contributed by atoms with Crippen LogP contribution in [0.1, 0.15) is 51.9 Å². The highest BCUT2D eigenvalue weighted by atomic mass is 16.5. The molecule has 0 aromatic carbocycles. The number of ether oxygens (including phenoxy) is 2. The van der Waals surface area contributed by atoms with Crippen molar-refractivity contribution in [3.8, 4) is 0 Å². The summed E-state index contributed by atoms with van der Waals surface area (Å²) in [6, 6.07) is 0. The predicted octanol–water partition coefficient (Wildman–Crippen LogP) is 3.58. The molecular weight excluding hydrogens is 324 g/mol. The van der Waals surface area contributed by atoms with E-state index in [0.717, 1.165) is 12.0 Å². The molecule has 0 aliphatic carbocycles. The Balaban J connectivity index is 4.41. The summed E-state index contributed by atoms with van der Waals surface area (Å²) in [6.07, 6.45) is 7.33. The highest BCUT2D eigenvalue weighted by Gasteiger charge is 2.10. The van der Waals surface area contributed by atoms with E-state index >= 15 is 0 Å². The quantitative estimate of drug-likeness (QED) is 0.328. The number of allylic oxidation sites excluding steroid dienone is 3. The van der Waals surface area contributed by atoms with Crippen LogP contribution in [0.4, 0.5) is 0 Å². The van der Waals surface area contributed by atoms with Gasteiger partial charge in [0.25, 0.3) is 0 Å².